The summed E-state index contributed by atoms with van der Waals surface area (Å²) in [5.74, 6) is 0.555. The van der Waals surface area contributed by atoms with Crippen molar-refractivity contribution < 1.29 is 24.3 Å². The zero-order chi connectivity index (χ0) is 20.2. The predicted molar refractivity (Wildman–Crippen MR) is 107 cm³/mol. The Kier molecular flexibility index (Phi) is 5.31. The Balaban J connectivity index is 1.61. The van der Waals surface area contributed by atoms with Crippen LogP contribution in [0, 0.1) is 0 Å². The number of nitrogens with one attached hydrogen (secondary N) is 2. The summed E-state index contributed by atoms with van der Waals surface area (Å²) in [6.07, 6.45) is 6.64. The zero-order valence-corrected chi connectivity index (χ0v) is 15.6. The maximum Gasteiger partial charge on any atom is 0.267 e. The van der Waals surface area contributed by atoms with Crippen LogP contribution < -0.4 is 20.3 Å². The van der Waals surface area contributed by atoms with Gasteiger partial charge in [0.05, 0.1) is 0 Å². The van der Waals surface area contributed by atoms with Gasteiger partial charge in [0.25, 0.3) is 11.8 Å². The lowest BCUT2D eigenvalue weighted by Gasteiger charge is -2.10. The molecular weight excluding hydrogens is 372 g/mol. The molecule has 0 spiro atoms. The number of carbonyl (C=O) groups excluding carboxylic acids is 2. The first kappa shape index (κ1) is 18.8. The molecule has 1 fully saturated rings. The Hall–Kier alpha value is -3.58. The van der Waals surface area contributed by atoms with Gasteiger partial charge in [0, 0.05) is 17.7 Å². The number of benzene rings is 2. The second-order valence-corrected chi connectivity index (χ2v) is 6.85. The molecule has 4 rings (SSSR count). The highest BCUT2D eigenvalue weighted by Gasteiger charge is 2.26. The molecule has 1 saturated carbocycles. The van der Waals surface area contributed by atoms with Crippen LogP contribution in [0.1, 0.15) is 29.5 Å². The van der Waals surface area contributed by atoms with Crippen LogP contribution in [-0.2, 0) is 9.59 Å². The van der Waals surface area contributed by atoms with E-state index in [-0.39, 0.29) is 18.7 Å². The third-order valence-corrected chi connectivity index (χ3v) is 4.63. The SMILES string of the molecule is O=C(/C=C/c1ccc(C=C(C(=O)NC2CC2)c2ccc3c(c2)OCO3)cc1)NO. The Morgan fingerprint density at radius 3 is 2.45 bits per heavy atom. The fourth-order valence-corrected chi connectivity index (χ4v) is 2.91. The molecule has 1 aliphatic heterocycles. The number of carbonyl (C=O) groups is 2. The van der Waals surface area contributed by atoms with Crippen LogP contribution in [0.4, 0.5) is 0 Å². The quantitative estimate of drug-likeness (QED) is 0.304. The van der Waals surface area contributed by atoms with Crippen molar-refractivity contribution in [3.8, 4) is 11.5 Å². The minimum Gasteiger partial charge on any atom is -0.454 e. The fourth-order valence-electron chi connectivity index (χ4n) is 2.91. The highest BCUT2D eigenvalue weighted by Crippen LogP contribution is 2.35. The molecule has 0 radical (unpaired) electrons. The van der Waals surface area contributed by atoms with E-state index in [2.05, 4.69) is 5.32 Å². The van der Waals surface area contributed by atoms with Gasteiger partial charge in [-0.2, -0.15) is 0 Å². The monoisotopic (exact) mass is 392 g/mol. The lowest BCUT2D eigenvalue weighted by molar-refractivity contribution is -0.124. The summed E-state index contributed by atoms with van der Waals surface area (Å²) in [5, 5.41) is 11.6. The molecular formula is C22H20N2O5. The summed E-state index contributed by atoms with van der Waals surface area (Å²) in [5.41, 5.74) is 4.46. The summed E-state index contributed by atoms with van der Waals surface area (Å²) in [7, 11) is 0. The molecule has 2 amide bonds. The van der Waals surface area contributed by atoms with Gasteiger partial charge in [0.1, 0.15) is 0 Å². The number of amides is 2. The van der Waals surface area contributed by atoms with Crippen LogP contribution in [0.3, 0.4) is 0 Å². The molecule has 1 heterocycles. The summed E-state index contributed by atoms with van der Waals surface area (Å²) >= 11 is 0. The van der Waals surface area contributed by atoms with E-state index in [0.29, 0.717) is 17.1 Å². The van der Waals surface area contributed by atoms with Crippen LogP contribution in [0.2, 0.25) is 0 Å². The van der Waals surface area contributed by atoms with Crippen LogP contribution in [-0.4, -0.2) is 29.9 Å². The van der Waals surface area contributed by atoms with Crippen LogP contribution >= 0.6 is 0 Å². The van der Waals surface area contributed by atoms with Crippen molar-refractivity contribution in [2.45, 2.75) is 18.9 Å². The first-order chi connectivity index (χ1) is 14.1. The average molecular weight is 392 g/mol. The van der Waals surface area contributed by atoms with Gasteiger partial charge in [0.2, 0.25) is 6.79 Å². The van der Waals surface area contributed by atoms with E-state index in [4.69, 9.17) is 14.7 Å². The summed E-state index contributed by atoms with van der Waals surface area (Å²) in [4.78, 5) is 23.9. The number of fused-ring (bicyclic) bond motifs is 1. The van der Waals surface area contributed by atoms with Crippen molar-refractivity contribution in [1.29, 1.82) is 0 Å². The molecule has 0 bridgehead atoms. The number of ether oxygens (including phenoxy) is 2. The normalized spacial score (nSPS) is 15.4. The van der Waals surface area contributed by atoms with Crippen molar-refractivity contribution >= 4 is 29.5 Å². The average Bonchev–Trinajstić information content (AvgIpc) is 3.43. The van der Waals surface area contributed by atoms with Crippen LogP contribution in [0.5, 0.6) is 11.5 Å². The minimum atomic E-state index is -0.601. The van der Waals surface area contributed by atoms with Gasteiger partial charge in [-0.15, -0.1) is 0 Å². The molecule has 148 valence electrons. The van der Waals surface area contributed by atoms with E-state index >= 15 is 0 Å². The molecule has 29 heavy (non-hydrogen) atoms. The number of hydrogen-bond acceptors (Lipinski definition) is 5. The minimum absolute atomic E-state index is 0.130. The maximum atomic E-state index is 12.8. The van der Waals surface area contributed by atoms with Crippen LogP contribution in [0.15, 0.2) is 48.5 Å². The standard InChI is InChI=1S/C22H20N2O5/c25-21(24-27)10-5-14-1-3-15(4-2-14)11-18(22(26)23-17-7-8-17)16-6-9-19-20(12-16)29-13-28-19/h1-6,9-12,17,27H,7-8,13H2,(H,23,26)(H,24,25)/b10-5+,18-11?. The van der Waals surface area contributed by atoms with E-state index < -0.39 is 5.91 Å². The molecule has 3 N–H and O–H groups in total. The third kappa shape index (κ3) is 4.64. The maximum absolute atomic E-state index is 12.8. The van der Waals surface area contributed by atoms with Gasteiger partial charge in [-0.3, -0.25) is 14.8 Å². The van der Waals surface area contributed by atoms with Crippen molar-refractivity contribution in [1.82, 2.24) is 10.8 Å². The smallest absolute Gasteiger partial charge is 0.267 e. The number of hydroxylamine groups is 1. The Bertz CT molecular complexity index is 991. The second-order valence-electron chi connectivity index (χ2n) is 6.85. The van der Waals surface area contributed by atoms with Gasteiger partial charge in [-0.05, 0) is 53.8 Å². The zero-order valence-electron chi connectivity index (χ0n) is 15.6. The molecule has 2 aliphatic rings. The fraction of sp³-hybridized carbons (Fsp3) is 0.182. The summed E-state index contributed by atoms with van der Waals surface area (Å²) < 4.78 is 10.8. The largest absolute Gasteiger partial charge is 0.454 e. The van der Waals surface area contributed by atoms with Crippen molar-refractivity contribution in [3.63, 3.8) is 0 Å². The lowest BCUT2D eigenvalue weighted by Crippen LogP contribution is -2.26. The van der Waals surface area contributed by atoms with Gasteiger partial charge < -0.3 is 14.8 Å². The van der Waals surface area contributed by atoms with E-state index in [1.807, 2.05) is 42.5 Å². The lowest BCUT2D eigenvalue weighted by atomic mass is 10.0. The Labute approximate surface area is 167 Å². The van der Waals surface area contributed by atoms with E-state index in [1.54, 1.807) is 17.6 Å². The highest BCUT2D eigenvalue weighted by atomic mass is 16.7. The molecule has 0 atom stereocenters. The van der Waals surface area contributed by atoms with Gasteiger partial charge in [-0.25, -0.2) is 5.48 Å². The highest BCUT2D eigenvalue weighted by molar-refractivity contribution is 6.24. The topological polar surface area (TPSA) is 96.9 Å². The first-order valence-corrected chi connectivity index (χ1v) is 9.27. The second kappa shape index (κ2) is 8.20. The van der Waals surface area contributed by atoms with E-state index in [1.165, 1.54) is 6.08 Å². The summed E-state index contributed by atoms with van der Waals surface area (Å²) in [6.45, 7) is 0.176. The molecule has 2 aromatic carbocycles. The number of hydrogen-bond donors (Lipinski definition) is 3. The number of rotatable bonds is 6. The molecule has 7 nitrogen and oxygen atoms in total. The summed E-state index contributed by atoms with van der Waals surface area (Å²) in [6, 6.07) is 13.1. The van der Waals surface area contributed by atoms with E-state index in [9.17, 15) is 9.59 Å². The molecule has 0 saturated heterocycles. The predicted octanol–water partition coefficient (Wildman–Crippen LogP) is 2.75. The van der Waals surface area contributed by atoms with Gasteiger partial charge in [-0.1, -0.05) is 30.3 Å². The molecule has 0 aromatic heterocycles. The first-order valence-electron chi connectivity index (χ1n) is 9.27. The molecule has 7 heteroatoms. The Morgan fingerprint density at radius 1 is 1.00 bits per heavy atom. The van der Waals surface area contributed by atoms with Crippen molar-refractivity contribution in [2.24, 2.45) is 0 Å². The molecule has 1 aliphatic carbocycles. The van der Waals surface area contributed by atoms with Gasteiger partial charge >= 0.3 is 0 Å². The van der Waals surface area contributed by atoms with E-state index in [0.717, 1.165) is 29.5 Å². The third-order valence-electron chi connectivity index (χ3n) is 4.63. The van der Waals surface area contributed by atoms with Crippen LogP contribution in [0.25, 0.3) is 17.7 Å². The van der Waals surface area contributed by atoms with Crippen molar-refractivity contribution in [2.75, 3.05) is 6.79 Å². The molecule has 2 aromatic rings. The van der Waals surface area contributed by atoms with Crippen molar-refractivity contribution in [3.05, 3.63) is 65.2 Å². The van der Waals surface area contributed by atoms with Gasteiger partial charge in [0.15, 0.2) is 11.5 Å². The molecule has 0 unspecified atom stereocenters. The Morgan fingerprint density at radius 2 is 1.72 bits per heavy atom.